The van der Waals surface area contributed by atoms with Crippen LogP contribution >= 0.6 is 0 Å². The second-order valence-electron chi connectivity index (χ2n) is 4.92. The Morgan fingerprint density at radius 1 is 1.55 bits per heavy atom. The van der Waals surface area contributed by atoms with Crippen LogP contribution in [0.15, 0.2) is 4.90 Å². The summed E-state index contributed by atoms with van der Waals surface area (Å²) in [5, 5.41) is 6.66. The molecule has 2 rings (SSSR count). The Labute approximate surface area is 119 Å². The highest BCUT2D eigenvalue weighted by molar-refractivity contribution is 7.89. The Bertz CT molecular complexity index is 549. The largest absolute Gasteiger partial charge is 0.377 e. The minimum Gasteiger partial charge on any atom is -0.377 e. The highest BCUT2D eigenvalue weighted by Crippen LogP contribution is 2.24. The summed E-state index contributed by atoms with van der Waals surface area (Å²) in [6.45, 7) is 5.10. The molecule has 1 fully saturated rings. The lowest BCUT2D eigenvalue weighted by Crippen LogP contribution is -2.37. The van der Waals surface area contributed by atoms with Crippen LogP contribution in [-0.4, -0.2) is 48.7 Å². The van der Waals surface area contributed by atoms with Crippen LogP contribution in [0, 0.1) is 6.92 Å². The Kier molecular flexibility index (Phi) is 4.79. The van der Waals surface area contributed by atoms with Crippen LogP contribution in [0.5, 0.6) is 0 Å². The lowest BCUT2D eigenvalue weighted by atomic mass is 10.2. The van der Waals surface area contributed by atoms with Gasteiger partial charge in [-0.3, -0.25) is 5.10 Å². The van der Waals surface area contributed by atoms with Crippen molar-refractivity contribution in [2.75, 3.05) is 19.7 Å². The van der Waals surface area contributed by atoms with Crippen molar-refractivity contribution in [2.24, 2.45) is 5.73 Å². The van der Waals surface area contributed by atoms with Crippen molar-refractivity contribution in [3.63, 3.8) is 0 Å². The molecule has 0 saturated carbocycles. The number of H-pyrrole nitrogens is 1. The number of aromatic nitrogens is 2. The SMILES string of the molecule is CCN(CC1CCCO1)S(=O)(=O)c1c(CN)n[nH]c1C. The maximum atomic E-state index is 12.8. The van der Waals surface area contributed by atoms with Crippen LogP contribution in [0.1, 0.15) is 31.2 Å². The predicted molar refractivity (Wildman–Crippen MR) is 74.6 cm³/mol. The number of rotatable bonds is 6. The van der Waals surface area contributed by atoms with Crippen molar-refractivity contribution in [1.29, 1.82) is 0 Å². The van der Waals surface area contributed by atoms with Crippen LogP contribution < -0.4 is 5.73 Å². The van der Waals surface area contributed by atoms with E-state index in [2.05, 4.69) is 10.2 Å². The van der Waals surface area contributed by atoms with E-state index in [1.807, 2.05) is 6.92 Å². The van der Waals surface area contributed by atoms with Gasteiger partial charge in [0.25, 0.3) is 0 Å². The molecule has 20 heavy (non-hydrogen) atoms. The molecular formula is C12H22N4O3S. The normalized spacial score (nSPS) is 19.9. The Morgan fingerprint density at radius 3 is 2.85 bits per heavy atom. The second kappa shape index (κ2) is 6.21. The molecule has 1 aromatic rings. The molecule has 114 valence electrons. The van der Waals surface area contributed by atoms with Crippen molar-refractivity contribution < 1.29 is 13.2 Å². The quantitative estimate of drug-likeness (QED) is 0.790. The van der Waals surface area contributed by atoms with E-state index in [4.69, 9.17) is 10.5 Å². The van der Waals surface area contributed by atoms with E-state index in [1.54, 1.807) is 6.92 Å². The summed E-state index contributed by atoms with van der Waals surface area (Å²) in [5.41, 5.74) is 6.48. The monoisotopic (exact) mass is 302 g/mol. The van der Waals surface area contributed by atoms with Gasteiger partial charge >= 0.3 is 0 Å². The Morgan fingerprint density at radius 2 is 2.30 bits per heavy atom. The maximum Gasteiger partial charge on any atom is 0.246 e. The number of nitrogens with one attached hydrogen (secondary N) is 1. The van der Waals surface area contributed by atoms with Crippen molar-refractivity contribution in [3.8, 4) is 0 Å². The zero-order chi connectivity index (χ0) is 14.8. The Hall–Kier alpha value is -0.960. The molecule has 1 atom stereocenters. The molecule has 1 aliphatic rings. The first-order valence-electron chi connectivity index (χ1n) is 6.86. The first-order valence-corrected chi connectivity index (χ1v) is 8.30. The summed E-state index contributed by atoms with van der Waals surface area (Å²) in [6.07, 6.45) is 1.87. The third-order valence-electron chi connectivity index (χ3n) is 3.54. The lowest BCUT2D eigenvalue weighted by Gasteiger charge is -2.23. The molecular weight excluding hydrogens is 280 g/mol. The van der Waals surface area contributed by atoms with Crippen molar-refractivity contribution >= 4 is 10.0 Å². The van der Waals surface area contributed by atoms with Gasteiger partial charge < -0.3 is 10.5 Å². The average Bonchev–Trinajstić information content (AvgIpc) is 3.04. The number of aryl methyl sites for hydroxylation is 1. The topological polar surface area (TPSA) is 101 Å². The molecule has 1 unspecified atom stereocenters. The fraction of sp³-hybridized carbons (Fsp3) is 0.750. The summed E-state index contributed by atoms with van der Waals surface area (Å²) >= 11 is 0. The van der Waals surface area contributed by atoms with Crippen LogP contribution in [0.25, 0.3) is 0 Å². The molecule has 0 spiro atoms. The van der Waals surface area contributed by atoms with E-state index in [0.29, 0.717) is 31.1 Å². The summed E-state index contributed by atoms with van der Waals surface area (Å²) in [6, 6.07) is 0. The van der Waals surface area contributed by atoms with Crippen molar-refractivity contribution in [1.82, 2.24) is 14.5 Å². The van der Waals surface area contributed by atoms with E-state index >= 15 is 0 Å². The van der Waals surface area contributed by atoms with Crippen molar-refractivity contribution in [2.45, 2.75) is 44.2 Å². The van der Waals surface area contributed by atoms with Gasteiger partial charge in [0.05, 0.1) is 17.5 Å². The molecule has 0 aliphatic carbocycles. The van der Waals surface area contributed by atoms with E-state index in [-0.39, 0.29) is 17.5 Å². The number of ether oxygens (including phenoxy) is 1. The molecule has 7 nitrogen and oxygen atoms in total. The summed E-state index contributed by atoms with van der Waals surface area (Å²) in [5.74, 6) is 0. The number of nitrogens with zero attached hydrogens (tertiary/aromatic N) is 2. The van der Waals surface area contributed by atoms with Gasteiger partial charge in [0.1, 0.15) is 4.90 Å². The molecule has 1 aliphatic heterocycles. The molecule has 0 amide bonds. The van der Waals surface area contributed by atoms with Crippen LogP contribution in [-0.2, 0) is 21.3 Å². The highest BCUT2D eigenvalue weighted by atomic mass is 32.2. The summed E-state index contributed by atoms with van der Waals surface area (Å²) < 4.78 is 32.5. The minimum absolute atomic E-state index is 0.0155. The Balaban J connectivity index is 2.28. The van der Waals surface area contributed by atoms with Gasteiger partial charge in [0.15, 0.2) is 0 Å². The van der Waals surface area contributed by atoms with E-state index in [9.17, 15) is 8.42 Å². The maximum absolute atomic E-state index is 12.8. The van der Waals surface area contributed by atoms with E-state index in [0.717, 1.165) is 12.8 Å². The van der Waals surface area contributed by atoms with Gasteiger partial charge in [-0.25, -0.2) is 8.42 Å². The number of nitrogens with two attached hydrogens (primary N) is 1. The summed E-state index contributed by atoms with van der Waals surface area (Å²) in [4.78, 5) is 0.208. The van der Waals surface area contributed by atoms with E-state index < -0.39 is 10.0 Å². The highest BCUT2D eigenvalue weighted by Gasteiger charge is 2.32. The fourth-order valence-corrected chi connectivity index (χ4v) is 4.31. The van der Waals surface area contributed by atoms with Crippen molar-refractivity contribution in [3.05, 3.63) is 11.4 Å². The number of aromatic amines is 1. The first-order chi connectivity index (χ1) is 9.50. The molecule has 0 bridgehead atoms. The van der Waals surface area contributed by atoms with Gasteiger partial charge in [-0.15, -0.1) is 0 Å². The zero-order valence-corrected chi connectivity index (χ0v) is 12.7. The van der Waals surface area contributed by atoms with Gasteiger partial charge in [-0.1, -0.05) is 6.92 Å². The molecule has 0 aromatic carbocycles. The second-order valence-corrected chi connectivity index (χ2v) is 6.79. The molecule has 8 heteroatoms. The zero-order valence-electron chi connectivity index (χ0n) is 11.9. The van der Waals surface area contributed by atoms with E-state index in [1.165, 1.54) is 4.31 Å². The molecule has 1 saturated heterocycles. The molecule has 3 N–H and O–H groups in total. The fourth-order valence-electron chi connectivity index (χ4n) is 2.49. The van der Waals surface area contributed by atoms with Gasteiger partial charge in [-0.2, -0.15) is 9.40 Å². The van der Waals surface area contributed by atoms with Gasteiger partial charge in [-0.05, 0) is 19.8 Å². The number of sulfonamides is 1. The lowest BCUT2D eigenvalue weighted by molar-refractivity contribution is 0.0946. The van der Waals surface area contributed by atoms with Gasteiger partial charge in [0.2, 0.25) is 10.0 Å². The standard InChI is InChI=1S/C12H22N4O3S/c1-3-16(8-10-5-4-6-19-10)20(17,18)12-9(2)14-15-11(12)7-13/h10H,3-8,13H2,1-2H3,(H,14,15). The number of likely N-dealkylation sites (N-methyl/N-ethyl adjacent to an activating group) is 1. The smallest absolute Gasteiger partial charge is 0.246 e. The average molecular weight is 302 g/mol. The summed E-state index contributed by atoms with van der Waals surface area (Å²) in [7, 11) is -3.59. The molecule has 2 heterocycles. The third kappa shape index (κ3) is 2.88. The van der Waals surface area contributed by atoms with Crippen LogP contribution in [0.4, 0.5) is 0 Å². The number of hydrogen-bond donors (Lipinski definition) is 2. The number of hydrogen-bond acceptors (Lipinski definition) is 5. The predicted octanol–water partition coefficient (Wildman–Crippen LogP) is 0.366. The van der Waals surface area contributed by atoms with Crippen LogP contribution in [0.2, 0.25) is 0 Å². The minimum atomic E-state index is -3.59. The molecule has 0 radical (unpaired) electrons. The van der Waals surface area contributed by atoms with Gasteiger partial charge in [0, 0.05) is 26.2 Å². The first kappa shape index (κ1) is 15.4. The third-order valence-corrected chi connectivity index (χ3v) is 5.68. The molecule has 1 aromatic heterocycles. The van der Waals surface area contributed by atoms with Crippen LogP contribution in [0.3, 0.4) is 0 Å².